The van der Waals surface area contributed by atoms with Crippen molar-refractivity contribution in [3.8, 4) is 0 Å². The topological polar surface area (TPSA) is 114 Å². The zero-order valence-electron chi connectivity index (χ0n) is 9.65. The van der Waals surface area contributed by atoms with Gasteiger partial charge >= 0.3 is 5.69 Å². The highest BCUT2D eigenvalue weighted by Gasteiger charge is 2.45. The van der Waals surface area contributed by atoms with E-state index in [-0.39, 0.29) is 0 Å². The van der Waals surface area contributed by atoms with Crippen LogP contribution < -0.4 is 11.2 Å². The number of nitrogens with zero attached hydrogens (tertiary/aromatic N) is 1. The van der Waals surface area contributed by atoms with Crippen molar-refractivity contribution >= 4 is 0 Å². The molecule has 3 unspecified atom stereocenters. The first-order chi connectivity index (χ1) is 8.58. The minimum atomic E-state index is -1.05. The van der Waals surface area contributed by atoms with Crippen LogP contribution in [-0.4, -0.2) is 51.8 Å². The van der Waals surface area contributed by atoms with Gasteiger partial charge in [-0.3, -0.25) is 14.3 Å². The van der Waals surface area contributed by atoms with Crippen molar-refractivity contribution in [1.82, 2.24) is 9.55 Å². The lowest BCUT2D eigenvalue weighted by Gasteiger charge is -2.19. The number of hydrogen-bond donors (Lipinski definition) is 3. The van der Waals surface area contributed by atoms with Gasteiger partial charge in [0.2, 0.25) is 0 Å². The molecule has 3 N–H and O–H groups in total. The first kappa shape index (κ1) is 13.0. The van der Waals surface area contributed by atoms with Crippen LogP contribution in [0.4, 0.5) is 0 Å². The number of nitrogens with one attached hydrogen (secondary N) is 1. The Bertz CT molecular complexity index is 524. The Kier molecular flexibility index (Phi) is 3.62. The molecule has 2 rings (SSSR count). The van der Waals surface area contributed by atoms with Crippen LogP contribution in [0.15, 0.2) is 21.9 Å². The fraction of sp³-hybridized carbons (Fsp3) is 0.600. The summed E-state index contributed by atoms with van der Waals surface area (Å²) in [6.45, 7) is -0.393. The number of aromatic amines is 1. The molecule has 0 aromatic carbocycles. The van der Waals surface area contributed by atoms with E-state index in [2.05, 4.69) is 4.98 Å². The molecule has 0 amide bonds. The molecule has 18 heavy (non-hydrogen) atoms. The predicted octanol–water partition coefficient (Wildman–Crippen LogP) is -2.20. The molecule has 100 valence electrons. The summed E-state index contributed by atoms with van der Waals surface area (Å²) in [5, 5.41) is 18.9. The van der Waals surface area contributed by atoms with Gasteiger partial charge < -0.3 is 19.7 Å². The molecule has 8 nitrogen and oxygen atoms in total. The van der Waals surface area contributed by atoms with Crippen LogP contribution in [0.5, 0.6) is 0 Å². The Balaban J connectivity index is 2.38. The summed E-state index contributed by atoms with van der Waals surface area (Å²) < 4.78 is 11.5. The van der Waals surface area contributed by atoms with E-state index in [9.17, 15) is 14.7 Å². The van der Waals surface area contributed by atoms with Gasteiger partial charge in [0.05, 0.1) is 6.61 Å². The smallest absolute Gasteiger partial charge is 0.330 e. The van der Waals surface area contributed by atoms with E-state index in [0.29, 0.717) is 0 Å². The average molecular weight is 258 g/mol. The third-order valence-electron chi connectivity index (χ3n) is 2.89. The SMILES string of the molecule is COC1C(n2ccc(=O)[nH]c2=O)OC(CO)[C@@H]1O. The van der Waals surface area contributed by atoms with Gasteiger partial charge in [0.15, 0.2) is 6.23 Å². The number of hydrogen-bond acceptors (Lipinski definition) is 6. The van der Waals surface area contributed by atoms with Gasteiger partial charge in [-0.2, -0.15) is 0 Å². The molecule has 0 saturated carbocycles. The van der Waals surface area contributed by atoms with E-state index in [1.54, 1.807) is 0 Å². The molecule has 0 radical (unpaired) electrons. The van der Waals surface area contributed by atoms with Crippen LogP contribution in [0.1, 0.15) is 6.23 Å². The molecular formula is C10H14N2O6. The second-order valence-corrected chi connectivity index (χ2v) is 3.96. The van der Waals surface area contributed by atoms with Crippen LogP contribution in [0, 0.1) is 0 Å². The monoisotopic (exact) mass is 258 g/mol. The van der Waals surface area contributed by atoms with Crippen molar-refractivity contribution in [3.63, 3.8) is 0 Å². The number of rotatable bonds is 3. The first-order valence-corrected chi connectivity index (χ1v) is 5.37. The number of ether oxygens (including phenoxy) is 2. The minimum Gasteiger partial charge on any atom is -0.394 e. The Morgan fingerprint density at radius 3 is 2.83 bits per heavy atom. The number of aliphatic hydroxyl groups is 2. The van der Waals surface area contributed by atoms with Crippen molar-refractivity contribution in [1.29, 1.82) is 0 Å². The van der Waals surface area contributed by atoms with Gasteiger partial charge in [-0.25, -0.2) is 4.79 Å². The lowest BCUT2D eigenvalue weighted by Crippen LogP contribution is -2.38. The fourth-order valence-electron chi connectivity index (χ4n) is 1.98. The van der Waals surface area contributed by atoms with Crippen LogP contribution in [0.3, 0.4) is 0 Å². The summed E-state index contributed by atoms with van der Waals surface area (Å²) in [7, 11) is 1.36. The van der Waals surface area contributed by atoms with E-state index < -0.39 is 42.4 Å². The lowest BCUT2D eigenvalue weighted by atomic mass is 10.1. The summed E-state index contributed by atoms with van der Waals surface area (Å²) in [6.07, 6.45) is -2.33. The van der Waals surface area contributed by atoms with Crippen molar-refractivity contribution in [2.24, 2.45) is 0 Å². The van der Waals surface area contributed by atoms with Crippen LogP contribution in [0.2, 0.25) is 0 Å². The molecule has 0 aliphatic carbocycles. The highest BCUT2D eigenvalue weighted by molar-refractivity contribution is 4.93. The highest BCUT2D eigenvalue weighted by Crippen LogP contribution is 2.29. The number of aromatic nitrogens is 2. The quantitative estimate of drug-likeness (QED) is 0.567. The summed E-state index contributed by atoms with van der Waals surface area (Å²) in [4.78, 5) is 24.7. The zero-order valence-corrected chi connectivity index (χ0v) is 9.65. The second kappa shape index (κ2) is 5.02. The number of aliphatic hydroxyl groups excluding tert-OH is 2. The average Bonchev–Trinajstić information content (AvgIpc) is 2.65. The molecule has 1 aromatic heterocycles. The van der Waals surface area contributed by atoms with Gasteiger partial charge in [-0.1, -0.05) is 0 Å². The number of H-pyrrole nitrogens is 1. The molecular weight excluding hydrogens is 244 g/mol. The molecule has 8 heteroatoms. The Morgan fingerprint density at radius 2 is 2.28 bits per heavy atom. The Hall–Kier alpha value is -1.48. The van der Waals surface area contributed by atoms with Gasteiger partial charge in [0.1, 0.15) is 18.3 Å². The molecule has 0 bridgehead atoms. The lowest BCUT2D eigenvalue weighted by molar-refractivity contribution is -0.0625. The Morgan fingerprint density at radius 1 is 1.56 bits per heavy atom. The molecule has 1 aliphatic heterocycles. The summed E-state index contributed by atoms with van der Waals surface area (Å²) in [6, 6.07) is 1.16. The molecule has 1 aliphatic rings. The van der Waals surface area contributed by atoms with Gasteiger partial charge in [0.25, 0.3) is 5.56 Å². The van der Waals surface area contributed by atoms with E-state index in [1.807, 2.05) is 0 Å². The van der Waals surface area contributed by atoms with Gasteiger partial charge in [-0.05, 0) is 0 Å². The molecule has 2 heterocycles. The van der Waals surface area contributed by atoms with Crippen molar-refractivity contribution in [2.45, 2.75) is 24.5 Å². The van der Waals surface area contributed by atoms with E-state index in [0.717, 1.165) is 10.6 Å². The molecule has 1 aromatic rings. The van der Waals surface area contributed by atoms with E-state index >= 15 is 0 Å². The van der Waals surface area contributed by atoms with E-state index in [1.165, 1.54) is 13.3 Å². The Labute approximate surface area is 101 Å². The maximum absolute atomic E-state index is 11.6. The minimum absolute atomic E-state index is 0.393. The maximum atomic E-state index is 11.6. The van der Waals surface area contributed by atoms with Crippen LogP contribution in [0.25, 0.3) is 0 Å². The fourth-order valence-corrected chi connectivity index (χ4v) is 1.98. The van der Waals surface area contributed by atoms with Crippen molar-refractivity contribution in [3.05, 3.63) is 33.1 Å². The van der Waals surface area contributed by atoms with Crippen molar-refractivity contribution in [2.75, 3.05) is 13.7 Å². The van der Waals surface area contributed by atoms with Crippen LogP contribution in [-0.2, 0) is 9.47 Å². The molecule has 0 spiro atoms. The summed E-state index contributed by atoms with van der Waals surface area (Å²) in [5.74, 6) is 0. The van der Waals surface area contributed by atoms with E-state index in [4.69, 9.17) is 14.6 Å². The predicted molar refractivity (Wildman–Crippen MR) is 59.1 cm³/mol. The largest absolute Gasteiger partial charge is 0.394 e. The summed E-state index contributed by atoms with van der Waals surface area (Å²) >= 11 is 0. The third-order valence-corrected chi connectivity index (χ3v) is 2.89. The normalized spacial score (nSPS) is 31.7. The van der Waals surface area contributed by atoms with Gasteiger partial charge in [0, 0.05) is 19.4 Å². The molecule has 4 atom stereocenters. The number of methoxy groups -OCH3 is 1. The third kappa shape index (κ3) is 2.10. The second-order valence-electron chi connectivity index (χ2n) is 3.96. The van der Waals surface area contributed by atoms with Crippen molar-refractivity contribution < 1.29 is 19.7 Å². The van der Waals surface area contributed by atoms with Gasteiger partial charge in [-0.15, -0.1) is 0 Å². The zero-order chi connectivity index (χ0) is 13.3. The van der Waals surface area contributed by atoms with Crippen LogP contribution >= 0.6 is 0 Å². The molecule has 1 saturated heterocycles. The maximum Gasteiger partial charge on any atom is 0.330 e. The highest BCUT2D eigenvalue weighted by atomic mass is 16.6. The standard InChI is InChI=1S/C10H14N2O6/c1-17-8-7(15)5(4-13)18-9(8)12-3-2-6(14)11-10(12)16/h2-3,5,7-9,13,15H,4H2,1H3,(H,11,14,16)/t5?,7-,8?,9?/m0/s1. The molecule has 1 fully saturated rings. The first-order valence-electron chi connectivity index (χ1n) is 5.37. The summed E-state index contributed by atoms with van der Waals surface area (Å²) in [5.41, 5.74) is -1.19.